The maximum absolute atomic E-state index is 5.40. The number of hydrogen-bond donors (Lipinski definition) is 1. The highest BCUT2D eigenvalue weighted by atomic mass is 16.5. The first-order valence-electron chi connectivity index (χ1n) is 7.05. The molecule has 1 rings (SSSR count). The number of methoxy groups -OCH3 is 1. The third-order valence-electron chi connectivity index (χ3n) is 3.73. The van der Waals surface area contributed by atoms with Gasteiger partial charge in [-0.15, -0.1) is 0 Å². The van der Waals surface area contributed by atoms with Crippen LogP contribution in [-0.2, 0) is 4.74 Å². The van der Waals surface area contributed by atoms with E-state index < -0.39 is 0 Å². The zero-order chi connectivity index (χ0) is 11.8. The van der Waals surface area contributed by atoms with E-state index in [1.807, 2.05) is 7.11 Å². The van der Waals surface area contributed by atoms with E-state index in [9.17, 15) is 0 Å². The van der Waals surface area contributed by atoms with Crippen LogP contribution in [0.2, 0.25) is 0 Å². The second-order valence-corrected chi connectivity index (χ2v) is 5.28. The molecule has 0 spiro atoms. The molecule has 0 aromatic heterocycles. The van der Waals surface area contributed by atoms with Crippen LogP contribution in [0.15, 0.2) is 0 Å². The molecule has 1 saturated carbocycles. The monoisotopic (exact) mass is 227 g/mol. The molecule has 1 aliphatic rings. The van der Waals surface area contributed by atoms with Crippen molar-refractivity contribution in [2.75, 3.05) is 7.11 Å². The van der Waals surface area contributed by atoms with E-state index in [2.05, 4.69) is 19.2 Å². The number of hydrogen-bond acceptors (Lipinski definition) is 2. The van der Waals surface area contributed by atoms with Gasteiger partial charge in [0, 0.05) is 19.2 Å². The molecule has 0 bridgehead atoms. The predicted octanol–water partition coefficient (Wildman–Crippen LogP) is 3.50. The molecule has 16 heavy (non-hydrogen) atoms. The summed E-state index contributed by atoms with van der Waals surface area (Å²) in [6.45, 7) is 4.59. The van der Waals surface area contributed by atoms with Crippen molar-refractivity contribution in [2.45, 2.75) is 83.4 Å². The smallest absolute Gasteiger partial charge is 0.0586 e. The van der Waals surface area contributed by atoms with E-state index in [1.165, 1.54) is 51.4 Å². The van der Waals surface area contributed by atoms with Crippen molar-refractivity contribution in [1.82, 2.24) is 5.32 Å². The standard InChI is InChI=1S/C14H29NO/c1-4-5-6-7-8-12(2)15-13-9-10-14(11-13)16-3/h12-15H,4-11H2,1-3H3. The Hall–Kier alpha value is -0.0800. The lowest BCUT2D eigenvalue weighted by atomic mass is 10.1. The van der Waals surface area contributed by atoms with Crippen LogP contribution in [0.25, 0.3) is 0 Å². The van der Waals surface area contributed by atoms with Crippen LogP contribution >= 0.6 is 0 Å². The van der Waals surface area contributed by atoms with Crippen molar-refractivity contribution in [3.63, 3.8) is 0 Å². The maximum Gasteiger partial charge on any atom is 0.0586 e. The first kappa shape index (κ1) is 14.0. The highest BCUT2D eigenvalue weighted by Gasteiger charge is 2.24. The Morgan fingerprint density at radius 3 is 2.69 bits per heavy atom. The molecule has 0 aliphatic heterocycles. The predicted molar refractivity (Wildman–Crippen MR) is 69.8 cm³/mol. The molecule has 0 radical (unpaired) electrons. The minimum absolute atomic E-state index is 0.504. The average Bonchev–Trinajstić information content (AvgIpc) is 2.72. The molecule has 0 amide bonds. The van der Waals surface area contributed by atoms with Gasteiger partial charge < -0.3 is 10.1 Å². The van der Waals surface area contributed by atoms with Gasteiger partial charge in [-0.25, -0.2) is 0 Å². The summed E-state index contributed by atoms with van der Waals surface area (Å²) in [5, 5.41) is 3.74. The fraction of sp³-hybridized carbons (Fsp3) is 1.00. The minimum atomic E-state index is 0.504. The summed E-state index contributed by atoms with van der Waals surface area (Å²) in [5.74, 6) is 0. The molecule has 1 N–H and O–H groups in total. The van der Waals surface area contributed by atoms with Crippen molar-refractivity contribution in [3.8, 4) is 0 Å². The SMILES string of the molecule is CCCCCCC(C)NC1CCC(OC)C1. The fourth-order valence-corrected chi connectivity index (χ4v) is 2.67. The van der Waals surface area contributed by atoms with Gasteiger partial charge in [0.25, 0.3) is 0 Å². The topological polar surface area (TPSA) is 21.3 Å². The van der Waals surface area contributed by atoms with Gasteiger partial charge in [-0.1, -0.05) is 32.6 Å². The molecule has 2 nitrogen and oxygen atoms in total. The third kappa shape index (κ3) is 5.31. The number of rotatable bonds is 8. The Morgan fingerprint density at radius 2 is 2.06 bits per heavy atom. The summed E-state index contributed by atoms with van der Waals surface area (Å²) in [4.78, 5) is 0. The second-order valence-electron chi connectivity index (χ2n) is 5.28. The zero-order valence-corrected chi connectivity index (χ0v) is 11.3. The molecule has 1 fully saturated rings. The van der Waals surface area contributed by atoms with Crippen LogP contribution in [0.3, 0.4) is 0 Å². The Labute approximate surface area is 101 Å². The van der Waals surface area contributed by atoms with Gasteiger partial charge >= 0.3 is 0 Å². The van der Waals surface area contributed by atoms with Crippen LogP contribution in [0.1, 0.15) is 65.2 Å². The van der Waals surface area contributed by atoms with E-state index in [-0.39, 0.29) is 0 Å². The largest absolute Gasteiger partial charge is 0.381 e. The Bertz CT molecular complexity index is 172. The van der Waals surface area contributed by atoms with Crippen LogP contribution in [0, 0.1) is 0 Å². The highest BCUT2D eigenvalue weighted by molar-refractivity contribution is 4.82. The van der Waals surface area contributed by atoms with Gasteiger partial charge in [0.05, 0.1) is 6.10 Å². The van der Waals surface area contributed by atoms with Crippen LogP contribution in [0.5, 0.6) is 0 Å². The van der Waals surface area contributed by atoms with E-state index in [1.54, 1.807) is 0 Å². The quantitative estimate of drug-likeness (QED) is 0.641. The molecular formula is C14H29NO. The van der Waals surface area contributed by atoms with Crippen LogP contribution in [0.4, 0.5) is 0 Å². The minimum Gasteiger partial charge on any atom is -0.381 e. The average molecular weight is 227 g/mol. The molecule has 0 saturated heterocycles. The lowest BCUT2D eigenvalue weighted by Crippen LogP contribution is -2.35. The number of ether oxygens (including phenoxy) is 1. The van der Waals surface area contributed by atoms with Gasteiger partial charge in [-0.05, 0) is 32.6 Å². The molecule has 3 atom stereocenters. The highest BCUT2D eigenvalue weighted by Crippen LogP contribution is 2.22. The summed E-state index contributed by atoms with van der Waals surface area (Å²) in [5.41, 5.74) is 0. The second kappa shape index (κ2) is 8.08. The third-order valence-corrected chi connectivity index (χ3v) is 3.73. The summed E-state index contributed by atoms with van der Waals surface area (Å²) < 4.78 is 5.40. The fourth-order valence-electron chi connectivity index (χ4n) is 2.67. The lowest BCUT2D eigenvalue weighted by molar-refractivity contribution is 0.106. The lowest BCUT2D eigenvalue weighted by Gasteiger charge is -2.19. The molecule has 0 heterocycles. The van der Waals surface area contributed by atoms with Crippen molar-refractivity contribution >= 4 is 0 Å². The molecule has 3 unspecified atom stereocenters. The van der Waals surface area contributed by atoms with Gasteiger partial charge in [-0.3, -0.25) is 0 Å². The summed E-state index contributed by atoms with van der Waals surface area (Å²) in [7, 11) is 1.83. The maximum atomic E-state index is 5.40. The summed E-state index contributed by atoms with van der Waals surface area (Å²) in [6.07, 6.45) is 11.1. The Kier molecular flexibility index (Phi) is 7.06. The molecule has 1 aliphatic carbocycles. The molecule has 0 aromatic carbocycles. The molecule has 2 heteroatoms. The molecule has 96 valence electrons. The van der Waals surface area contributed by atoms with Crippen LogP contribution < -0.4 is 5.32 Å². The first-order valence-corrected chi connectivity index (χ1v) is 7.05. The number of nitrogens with one attached hydrogen (secondary N) is 1. The first-order chi connectivity index (χ1) is 7.76. The number of unbranched alkanes of at least 4 members (excludes halogenated alkanes) is 3. The Morgan fingerprint density at radius 1 is 1.25 bits per heavy atom. The van der Waals surface area contributed by atoms with E-state index in [0.717, 1.165) is 0 Å². The zero-order valence-electron chi connectivity index (χ0n) is 11.3. The van der Waals surface area contributed by atoms with Gasteiger partial charge in [0.2, 0.25) is 0 Å². The van der Waals surface area contributed by atoms with Crippen LogP contribution in [-0.4, -0.2) is 25.3 Å². The van der Waals surface area contributed by atoms with Gasteiger partial charge in [-0.2, -0.15) is 0 Å². The molecular weight excluding hydrogens is 198 g/mol. The van der Waals surface area contributed by atoms with Crippen molar-refractivity contribution in [1.29, 1.82) is 0 Å². The van der Waals surface area contributed by atoms with E-state index in [4.69, 9.17) is 4.74 Å². The van der Waals surface area contributed by atoms with Gasteiger partial charge in [0.1, 0.15) is 0 Å². The van der Waals surface area contributed by atoms with Crippen molar-refractivity contribution in [3.05, 3.63) is 0 Å². The van der Waals surface area contributed by atoms with E-state index >= 15 is 0 Å². The molecule has 0 aromatic rings. The normalized spacial score (nSPS) is 27.2. The van der Waals surface area contributed by atoms with Crippen molar-refractivity contribution in [2.24, 2.45) is 0 Å². The Balaban J connectivity index is 2.03. The summed E-state index contributed by atoms with van der Waals surface area (Å²) in [6, 6.07) is 1.38. The van der Waals surface area contributed by atoms with E-state index in [0.29, 0.717) is 18.2 Å². The summed E-state index contributed by atoms with van der Waals surface area (Å²) >= 11 is 0. The van der Waals surface area contributed by atoms with Gasteiger partial charge in [0.15, 0.2) is 0 Å². The van der Waals surface area contributed by atoms with Crippen molar-refractivity contribution < 1.29 is 4.74 Å².